The Labute approximate surface area is 147 Å². The number of hydrogen-bond acceptors (Lipinski definition) is 4. The predicted molar refractivity (Wildman–Crippen MR) is 96.1 cm³/mol. The third-order valence-electron chi connectivity index (χ3n) is 6.35. The largest absolute Gasteiger partial charge is 0.383 e. The van der Waals surface area contributed by atoms with Crippen LogP contribution in [0.5, 0.6) is 0 Å². The quantitative estimate of drug-likeness (QED) is 0.770. The molecular formula is C19H35N3O2. The zero-order valence-electron chi connectivity index (χ0n) is 15.4. The van der Waals surface area contributed by atoms with Crippen LogP contribution in [0.3, 0.4) is 0 Å². The zero-order chi connectivity index (χ0) is 16.8. The van der Waals surface area contributed by atoms with Gasteiger partial charge in [0, 0.05) is 26.7 Å². The van der Waals surface area contributed by atoms with Crippen molar-refractivity contribution >= 4 is 5.91 Å². The van der Waals surface area contributed by atoms with Crippen molar-refractivity contribution in [2.24, 2.45) is 5.92 Å². The minimum Gasteiger partial charge on any atom is -0.383 e. The second kappa shape index (κ2) is 8.63. The summed E-state index contributed by atoms with van der Waals surface area (Å²) in [6.45, 7) is 7.12. The molecule has 0 bridgehead atoms. The Hall–Kier alpha value is -0.650. The monoisotopic (exact) mass is 337 g/mol. The van der Waals surface area contributed by atoms with Gasteiger partial charge in [0.15, 0.2) is 0 Å². The van der Waals surface area contributed by atoms with E-state index in [4.69, 9.17) is 4.74 Å². The molecule has 2 aliphatic heterocycles. The van der Waals surface area contributed by atoms with Gasteiger partial charge in [0.05, 0.1) is 6.61 Å². The number of nitrogens with one attached hydrogen (secondary N) is 1. The lowest BCUT2D eigenvalue weighted by molar-refractivity contribution is -0.135. The average molecular weight is 338 g/mol. The lowest BCUT2D eigenvalue weighted by Gasteiger charge is -2.43. The second-order valence-corrected chi connectivity index (χ2v) is 7.94. The number of carbonyl (C=O) groups is 1. The van der Waals surface area contributed by atoms with E-state index in [2.05, 4.69) is 15.1 Å². The van der Waals surface area contributed by atoms with Gasteiger partial charge in [0.1, 0.15) is 5.54 Å². The fourth-order valence-electron chi connectivity index (χ4n) is 4.87. The van der Waals surface area contributed by atoms with E-state index in [1.54, 1.807) is 7.11 Å². The first-order valence-corrected chi connectivity index (χ1v) is 9.99. The third-order valence-corrected chi connectivity index (χ3v) is 6.35. The Morgan fingerprint density at radius 1 is 1.12 bits per heavy atom. The van der Waals surface area contributed by atoms with Gasteiger partial charge in [-0.15, -0.1) is 0 Å². The van der Waals surface area contributed by atoms with Crippen LogP contribution in [0.1, 0.15) is 51.4 Å². The molecule has 138 valence electrons. The number of carbonyl (C=O) groups excluding carboxylic acids is 1. The fourth-order valence-corrected chi connectivity index (χ4v) is 4.87. The number of hydrogen-bond donors (Lipinski definition) is 1. The third kappa shape index (κ3) is 4.12. The van der Waals surface area contributed by atoms with Crippen LogP contribution in [0, 0.1) is 5.92 Å². The van der Waals surface area contributed by atoms with Crippen molar-refractivity contribution in [2.75, 3.05) is 53.0 Å². The van der Waals surface area contributed by atoms with Crippen LogP contribution >= 0.6 is 0 Å². The van der Waals surface area contributed by atoms with E-state index in [-0.39, 0.29) is 5.54 Å². The molecule has 5 nitrogen and oxygen atoms in total. The fraction of sp³-hybridized carbons (Fsp3) is 0.947. The molecule has 1 N–H and O–H groups in total. The van der Waals surface area contributed by atoms with E-state index in [9.17, 15) is 4.79 Å². The SMILES string of the molecule is COCCN1CC[C@@H](CNC(=O)C2(N3CCCC3)CCCCC2)C1. The van der Waals surface area contributed by atoms with Crippen molar-refractivity contribution in [3.63, 3.8) is 0 Å². The molecule has 0 aromatic rings. The minimum absolute atomic E-state index is 0.191. The highest BCUT2D eigenvalue weighted by Gasteiger charge is 2.45. The molecule has 0 spiro atoms. The van der Waals surface area contributed by atoms with Crippen molar-refractivity contribution in [3.05, 3.63) is 0 Å². The van der Waals surface area contributed by atoms with Gasteiger partial charge in [-0.1, -0.05) is 19.3 Å². The molecular weight excluding hydrogens is 302 g/mol. The van der Waals surface area contributed by atoms with Crippen LogP contribution in [0.15, 0.2) is 0 Å². The minimum atomic E-state index is -0.191. The van der Waals surface area contributed by atoms with Crippen LogP contribution < -0.4 is 5.32 Å². The summed E-state index contributed by atoms with van der Waals surface area (Å²) in [4.78, 5) is 18.1. The summed E-state index contributed by atoms with van der Waals surface area (Å²) in [7, 11) is 1.76. The van der Waals surface area contributed by atoms with Gasteiger partial charge >= 0.3 is 0 Å². The normalized spacial score (nSPS) is 28.3. The van der Waals surface area contributed by atoms with Crippen LogP contribution in [0.25, 0.3) is 0 Å². The number of methoxy groups -OCH3 is 1. The Balaban J connectivity index is 1.51. The van der Waals surface area contributed by atoms with Gasteiger partial charge < -0.3 is 15.0 Å². The number of ether oxygens (including phenoxy) is 1. The maximum Gasteiger partial charge on any atom is 0.240 e. The van der Waals surface area contributed by atoms with Crippen LogP contribution in [0.2, 0.25) is 0 Å². The van der Waals surface area contributed by atoms with E-state index in [1.807, 2.05) is 0 Å². The first-order chi connectivity index (χ1) is 11.7. The highest BCUT2D eigenvalue weighted by Crippen LogP contribution is 2.36. The van der Waals surface area contributed by atoms with E-state index in [0.717, 1.165) is 58.7 Å². The van der Waals surface area contributed by atoms with Crippen molar-refractivity contribution in [3.8, 4) is 0 Å². The Bertz CT molecular complexity index is 403. The van der Waals surface area contributed by atoms with Gasteiger partial charge in [-0.25, -0.2) is 0 Å². The molecule has 2 saturated heterocycles. The van der Waals surface area contributed by atoms with Gasteiger partial charge in [-0.05, 0) is 57.7 Å². The van der Waals surface area contributed by atoms with Crippen molar-refractivity contribution in [1.82, 2.24) is 15.1 Å². The molecule has 2 heterocycles. The Morgan fingerprint density at radius 3 is 2.58 bits per heavy atom. The number of rotatable bonds is 7. The second-order valence-electron chi connectivity index (χ2n) is 7.94. The molecule has 0 unspecified atom stereocenters. The van der Waals surface area contributed by atoms with E-state index < -0.39 is 0 Å². The van der Waals surface area contributed by atoms with Crippen LogP contribution in [-0.4, -0.2) is 74.2 Å². The molecule has 0 radical (unpaired) electrons. The number of amides is 1. The molecule has 5 heteroatoms. The smallest absolute Gasteiger partial charge is 0.240 e. The number of likely N-dealkylation sites (tertiary alicyclic amines) is 2. The van der Waals surface area contributed by atoms with Gasteiger partial charge in [0.2, 0.25) is 5.91 Å². The summed E-state index contributed by atoms with van der Waals surface area (Å²) in [5.41, 5.74) is -0.191. The van der Waals surface area contributed by atoms with E-state index in [1.165, 1.54) is 38.5 Å². The molecule has 24 heavy (non-hydrogen) atoms. The van der Waals surface area contributed by atoms with Crippen molar-refractivity contribution < 1.29 is 9.53 Å². The molecule has 3 fully saturated rings. The van der Waals surface area contributed by atoms with Crippen LogP contribution in [-0.2, 0) is 9.53 Å². The number of nitrogens with zero attached hydrogens (tertiary/aromatic N) is 2. The summed E-state index contributed by atoms with van der Waals surface area (Å²) in [5.74, 6) is 0.921. The summed E-state index contributed by atoms with van der Waals surface area (Å²) in [5, 5.41) is 3.35. The molecule has 1 saturated carbocycles. The molecule has 1 atom stereocenters. The van der Waals surface area contributed by atoms with Gasteiger partial charge in [-0.2, -0.15) is 0 Å². The molecule has 1 aliphatic carbocycles. The summed E-state index contributed by atoms with van der Waals surface area (Å²) < 4.78 is 5.17. The molecule has 0 aromatic heterocycles. The summed E-state index contributed by atoms with van der Waals surface area (Å²) >= 11 is 0. The zero-order valence-corrected chi connectivity index (χ0v) is 15.4. The summed E-state index contributed by atoms with van der Waals surface area (Å²) in [6, 6.07) is 0. The van der Waals surface area contributed by atoms with Gasteiger partial charge in [0.25, 0.3) is 0 Å². The topological polar surface area (TPSA) is 44.8 Å². The highest BCUT2D eigenvalue weighted by molar-refractivity contribution is 5.86. The Morgan fingerprint density at radius 2 is 1.88 bits per heavy atom. The highest BCUT2D eigenvalue weighted by atomic mass is 16.5. The maximum atomic E-state index is 13.1. The molecule has 3 rings (SSSR count). The van der Waals surface area contributed by atoms with E-state index >= 15 is 0 Å². The van der Waals surface area contributed by atoms with Crippen molar-refractivity contribution in [1.29, 1.82) is 0 Å². The van der Waals surface area contributed by atoms with Gasteiger partial charge in [-0.3, -0.25) is 9.69 Å². The molecule has 0 aromatic carbocycles. The maximum absolute atomic E-state index is 13.1. The lowest BCUT2D eigenvalue weighted by Crippen LogP contribution is -2.59. The van der Waals surface area contributed by atoms with Crippen LogP contribution in [0.4, 0.5) is 0 Å². The molecule has 3 aliphatic rings. The van der Waals surface area contributed by atoms with Crippen molar-refractivity contribution in [2.45, 2.75) is 56.9 Å². The molecule has 1 amide bonds. The first-order valence-electron chi connectivity index (χ1n) is 9.99. The van der Waals surface area contributed by atoms with E-state index in [0.29, 0.717) is 11.8 Å². The first kappa shape index (κ1) is 18.2. The Kier molecular flexibility index (Phi) is 6.53. The summed E-state index contributed by atoms with van der Waals surface area (Å²) in [6.07, 6.45) is 9.53. The standard InChI is InChI=1S/C19H35N3O2/c1-24-14-13-21-12-7-17(16-21)15-20-18(23)19(8-3-2-4-9-19)22-10-5-6-11-22/h17H,2-16H2,1H3,(H,20,23)/t17-/m0/s1. The average Bonchev–Trinajstić information content (AvgIpc) is 3.30. The predicted octanol–water partition coefficient (Wildman–Crippen LogP) is 1.87. The lowest BCUT2D eigenvalue weighted by atomic mass is 9.79.